The molecule has 2 aliphatic rings. The van der Waals surface area contributed by atoms with Crippen molar-refractivity contribution in [1.82, 2.24) is 14.7 Å². The Morgan fingerprint density at radius 2 is 2.14 bits per heavy atom. The SMILES string of the molecule is CC1CCC(C)N(c2nc3sccn3c2CNC2CC2)C1. The fraction of sp³-hybridized carbons (Fsp3) is 0.688. The van der Waals surface area contributed by atoms with Crippen molar-refractivity contribution in [2.45, 2.75) is 58.2 Å². The summed E-state index contributed by atoms with van der Waals surface area (Å²) in [5.41, 5.74) is 1.35. The fourth-order valence-electron chi connectivity index (χ4n) is 3.33. The molecule has 2 aromatic heterocycles. The summed E-state index contributed by atoms with van der Waals surface area (Å²) < 4.78 is 2.28. The third kappa shape index (κ3) is 2.57. The van der Waals surface area contributed by atoms with Crippen molar-refractivity contribution in [3.63, 3.8) is 0 Å². The number of anilines is 1. The van der Waals surface area contributed by atoms with Crippen LogP contribution in [0.1, 0.15) is 45.2 Å². The van der Waals surface area contributed by atoms with Gasteiger partial charge in [-0.15, -0.1) is 11.3 Å². The molecule has 0 radical (unpaired) electrons. The third-order valence-corrected chi connectivity index (χ3v) is 5.62. The monoisotopic (exact) mass is 304 g/mol. The molecule has 2 unspecified atom stereocenters. The summed E-state index contributed by atoms with van der Waals surface area (Å²) in [6.07, 6.45) is 7.45. The van der Waals surface area contributed by atoms with E-state index in [-0.39, 0.29) is 0 Å². The average molecular weight is 304 g/mol. The minimum Gasteiger partial charge on any atom is -0.352 e. The maximum absolute atomic E-state index is 4.95. The molecule has 1 saturated carbocycles. The molecule has 21 heavy (non-hydrogen) atoms. The van der Waals surface area contributed by atoms with E-state index in [9.17, 15) is 0 Å². The van der Waals surface area contributed by atoms with E-state index in [0.29, 0.717) is 6.04 Å². The van der Waals surface area contributed by atoms with Crippen molar-refractivity contribution in [3.8, 4) is 0 Å². The van der Waals surface area contributed by atoms with Crippen LogP contribution in [0.15, 0.2) is 11.6 Å². The topological polar surface area (TPSA) is 32.6 Å². The summed E-state index contributed by atoms with van der Waals surface area (Å²) in [5.74, 6) is 1.99. The van der Waals surface area contributed by atoms with Crippen LogP contribution in [-0.2, 0) is 6.54 Å². The lowest BCUT2D eigenvalue weighted by Crippen LogP contribution is -2.42. The van der Waals surface area contributed by atoms with Gasteiger partial charge in [0.25, 0.3) is 0 Å². The van der Waals surface area contributed by atoms with Crippen molar-refractivity contribution in [2.24, 2.45) is 5.92 Å². The van der Waals surface area contributed by atoms with Crippen LogP contribution in [0.2, 0.25) is 0 Å². The zero-order valence-electron chi connectivity index (χ0n) is 12.9. The molecule has 4 nitrogen and oxygen atoms in total. The van der Waals surface area contributed by atoms with E-state index in [1.807, 2.05) is 0 Å². The molecular formula is C16H24N4S. The summed E-state index contributed by atoms with van der Waals surface area (Å²) in [7, 11) is 0. The average Bonchev–Trinajstić information content (AvgIpc) is 3.07. The molecule has 3 heterocycles. The molecular weight excluding hydrogens is 280 g/mol. The minimum absolute atomic E-state index is 0.602. The third-order valence-electron chi connectivity index (χ3n) is 4.87. The van der Waals surface area contributed by atoms with Crippen LogP contribution >= 0.6 is 11.3 Å². The Morgan fingerprint density at radius 3 is 2.95 bits per heavy atom. The molecule has 1 aliphatic heterocycles. The van der Waals surface area contributed by atoms with Gasteiger partial charge in [0.05, 0.1) is 5.69 Å². The molecule has 1 aliphatic carbocycles. The summed E-state index contributed by atoms with van der Waals surface area (Å²) >= 11 is 1.74. The second-order valence-electron chi connectivity index (χ2n) is 6.78. The first kappa shape index (κ1) is 13.6. The van der Waals surface area contributed by atoms with Crippen LogP contribution in [0.25, 0.3) is 4.96 Å². The molecule has 4 rings (SSSR count). The van der Waals surface area contributed by atoms with Gasteiger partial charge in [-0.1, -0.05) is 6.92 Å². The number of hydrogen-bond donors (Lipinski definition) is 1. The Balaban J connectivity index is 1.68. The highest BCUT2D eigenvalue weighted by Crippen LogP contribution is 2.32. The van der Waals surface area contributed by atoms with Crippen molar-refractivity contribution in [1.29, 1.82) is 0 Å². The van der Waals surface area contributed by atoms with Gasteiger partial charge in [0.15, 0.2) is 10.8 Å². The number of hydrogen-bond acceptors (Lipinski definition) is 4. The van der Waals surface area contributed by atoms with Crippen molar-refractivity contribution in [3.05, 3.63) is 17.3 Å². The molecule has 2 fully saturated rings. The van der Waals surface area contributed by atoms with Crippen LogP contribution in [0.3, 0.4) is 0 Å². The molecule has 0 bridgehead atoms. The second-order valence-corrected chi connectivity index (χ2v) is 7.65. The molecule has 114 valence electrons. The lowest BCUT2D eigenvalue weighted by molar-refractivity contribution is 0.387. The standard InChI is InChI=1S/C16H24N4S/c1-11-3-4-12(2)20(10-11)15-14(9-17-13-5-6-13)19-7-8-21-16(19)18-15/h7-8,11-13,17H,3-6,9-10H2,1-2H3. The molecule has 0 amide bonds. The number of imidazole rings is 1. The molecule has 1 saturated heterocycles. The summed E-state index contributed by atoms with van der Waals surface area (Å²) in [4.78, 5) is 8.61. The summed E-state index contributed by atoms with van der Waals surface area (Å²) in [6, 6.07) is 1.34. The summed E-state index contributed by atoms with van der Waals surface area (Å²) in [6.45, 7) is 6.79. The quantitative estimate of drug-likeness (QED) is 0.941. The maximum Gasteiger partial charge on any atom is 0.195 e. The number of aromatic nitrogens is 2. The predicted molar refractivity (Wildman–Crippen MR) is 88.1 cm³/mol. The van der Waals surface area contributed by atoms with Crippen molar-refractivity contribution >= 4 is 22.1 Å². The van der Waals surface area contributed by atoms with Gasteiger partial charge in [-0.25, -0.2) is 4.98 Å². The zero-order chi connectivity index (χ0) is 14.4. The van der Waals surface area contributed by atoms with E-state index in [1.54, 1.807) is 11.3 Å². The first-order valence-corrected chi connectivity index (χ1v) is 9.05. The van der Waals surface area contributed by atoms with Crippen molar-refractivity contribution < 1.29 is 0 Å². The van der Waals surface area contributed by atoms with Gasteiger partial charge in [-0.3, -0.25) is 4.40 Å². The van der Waals surface area contributed by atoms with E-state index in [1.165, 1.54) is 37.2 Å². The molecule has 0 aromatic carbocycles. The van der Waals surface area contributed by atoms with Crippen LogP contribution in [0.4, 0.5) is 5.82 Å². The molecule has 0 spiro atoms. The van der Waals surface area contributed by atoms with Crippen LogP contribution in [0.5, 0.6) is 0 Å². The van der Waals surface area contributed by atoms with Gasteiger partial charge in [-0.05, 0) is 38.5 Å². The van der Waals surface area contributed by atoms with Gasteiger partial charge < -0.3 is 10.2 Å². The normalized spacial score (nSPS) is 26.7. The van der Waals surface area contributed by atoms with Crippen molar-refractivity contribution in [2.75, 3.05) is 11.4 Å². The lowest BCUT2D eigenvalue weighted by atomic mass is 9.95. The minimum atomic E-state index is 0.602. The van der Waals surface area contributed by atoms with Crippen LogP contribution in [-0.4, -0.2) is 28.0 Å². The fourth-order valence-corrected chi connectivity index (χ4v) is 4.06. The van der Waals surface area contributed by atoms with E-state index >= 15 is 0 Å². The van der Waals surface area contributed by atoms with E-state index < -0.39 is 0 Å². The van der Waals surface area contributed by atoms with Gasteiger partial charge in [-0.2, -0.15) is 0 Å². The summed E-state index contributed by atoms with van der Waals surface area (Å²) in [5, 5.41) is 5.80. The van der Waals surface area contributed by atoms with Crippen LogP contribution < -0.4 is 10.2 Å². The molecule has 2 atom stereocenters. The number of fused-ring (bicyclic) bond motifs is 1. The first-order valence-electron chi connectivity index (χ1n) is 8.17. The Kier molecular flexibility index (Phi) is 3.42. The Hall–Kier alpha value is -1.07. The molecule has 2 aromatic rings. The highest BCUT2D eigenvalue weighted by Gasteiger charge is 2.29. The van der Waals surface area contributed by atoms with Gasteiger partial charge >= 0.3 is 0 Å². The maximum atomic E-state index is 4.95. The number of piperidine rings is 1. The molecule has 1 N–H and O–H groups in total. The highest BCUT2D eigenvalue weighted by molar-refractivity contribution is 7.15. The number of nitrogens with one attached hydrogen (secondary N) is 1. The van der Waals surface area contributed by atoms with Gasteiger partial charge in [0.2, 0.25) is 0 Å². The Morgan fingerprint density at radius 1 is 1.29 bits per heavy atom. The van der Waals surface area contributed by atoms with E-state index in [2.05, 4.69) is 40.0 Å². The zero-order valence-corrected chi connectivity index (χ0v) is 13.7. The predicted octanol–water partition coefficient (Wildman–Crippen LogP) is 3.27. The van der Waals surface area contributed by atoms with E-state index in [4.69, 9.17) is 4.98 Å². The van der Waals surface area contributed by atoms with Gasteiger partial charge in [0, 0.05) is 36.8 Å². The van der Waals surface area contributed by atoms with Crippen LogP contribution in [0, 0.1) is 5.92 Å². The first-order chi connectivity index (χ1) is 10.2. The number of rotatable bonds is 4. The Labute approximate surface area is 130 Å². The largest absolute Gasteiger partial charge is 0.352 e. The number of thiazole rings is 1. The Bertz CT molecular complexity index is 627. The van der Waals surface area contributed by atoms with Gasteiger partial charge in [0.1, 0.15) is 0 Å². The second kappa shape index (κ2) is 5.29. The lowest BCUT2D eigenvalue weighted by Gasteiger charge is -2.37. The number of nitrogens with zero attached hydrogens (tertiary/aromatic N) is 3. The smallest absolute Gasteiger partial charge is 0.195 e. The van der Waals surface area contributed by atoms with E-state index in [0.717, 1.165) is 30.0 Å². The molecule has 5 heteroatoms. The highest BCUT2D eigenvalue weighted by atomic mass is 32.1.